The highest BCUT2D eigenvalue weighted by Gasteiger charge is 2.18. The van der Waals surface area contributed by atoms with Crippen LogP contribution in [0.2, 0.25) is 0 Å². The summed E-state index contributed by atoms with van der Waals surface area (Å²) in [4.78, 5) is 0. The molecule has 100 valence electrons. The zero-order valence-corrected chi connectivity index (χ0v) is 10.5. The minimum atomic E-state index is -0.999. The molecule has 2 aromatic carbocycles. The topological polar surface area (TPSA) is 49.7 Å². The number of benzene rings is 2. The molecule has 0 aliphatic heterocycles. The molecule has 0 saturated carbocycles. The van der Waals surface area contributed by atoms with Crippen molar-refractivity contribution in [3.05, 3.63) is 59.4 Å². The Morgan fingerprint density at radius 3 is 2.47 bits per heavy atom. The van der Waals surface area contributed by atoms with Crippen LogP contribution < -0.4 is 4.74 Å². The Balaban J connectivity index is 2.24. The van der Waals surface area contributed by atoms with Crippen LogP contribution in [-0.4, -0.2) is 17.3 Å². The minimum absolute atomic E-state index is 0.151. The Morgan fingerprint density at radius 2 is 1.84 bits per heavy atom. The van der Waals surface area contributed by atoms with E-state index in [1.165, 1.54) is 31.4 Å². The van der Waals surface area contributed by atoms with E-state index in [1.807, 2.05) is 0 Å². The maximum Gasteiger partial charge on any atom is 0.132 e. The van der Waals surface area contributed by atoms with Crippen molar-refractivity contribution in [3.8, 4) is 11.5 Å². The van der Waals surface area contributed by atoms with Crippen LogP contribution in [0.15, 0.2) is 42.5 Å². The van der Waals surface area contributed by atoms with Gasteiger partial charge in [0.2, 0.25) is 0 Å². The highest BCUT2D eigenvalue weighted by molar-refractivity contribution is 5.37. The Labute approximate surface area is 110 Å². The fourth-order valence-corrected chi connectivity index (χ4v) is 1.98. The van der Waals surface area contributed by atoms with E-state index in [0.29, 0.717) is 5.75 Å². The molecule has 0 fully saturated rings. The van der Waals surface area contributed by atoms with E-state index in [0.717, 1.165) is 5.56 Å². The van der Waals surface area contributed by atoms with Gasteiger partial charge in [-0.1, -0.05) is 18.2 Å². The molecule has 2 rings (SSSR count). The molecule has 0 amide bonds. The second-order valence-corrected chi connectivity index (χ2v) is 4.24. The molecule has 2 aromatic rings. The average Bonchev–Trinajstić information content (AvgIpc) is 2.40. The summed E-state index contributed by atoms with van der Waals surface area (Å²) in [5, 5.41) is 19.3. The molecule has 0 aromatic heterocycles. The molecule has 0 saturated heterocycles. The van der Waals surface area contributed by atoms with Crippen molar-refractivity contribution in [1.82, 2.24) is 0 Å². The number of aliphatic hydroxyl groups excluding tert-OH is 1. The molecule has 0 aliphatic rings. The van der Waals surface area contributed by atoms with Crippen LogP contribution in [0, 0.1) is 5.82 Å². The summed E-state index contributed by atoms with van der Waals surface area (Å²) in [5.41, 5.74) is 0.952. The third-order valence-electron chi connectivity index (χ3n) is 2.93. The van der Waals surface area contributed by atoms with Crippen LogP contribution in [0.3, 0.4) is 0 Å². The SMILES string of the molecule is COc1cccc(F)c1C(O)Cc1ccc(O)cc1. The lowest BCUT2D eigenvalue weighted by Crippen LogP contribution is -2.06. The lowest BCUT2D eigenvalue weighted by Gasteiger charge is -2.15. The number of aliphatic hydroxyl groups is 1. The zero-order valence-electron chi connectivity index (χ0n) is 10.5. The van der Waals surface area contributed by atoms with Crippen molar-refractivity contribution in [1.29, 1.82) is 0 Å². The Bertz CT molecular complexity index is 552. The standard InChI is InChI=1S/C15H15FO3/c1-19-14-4-2-3-12(16)15(14)13(18)9-10-5-7-11(17)8-6-10/h2-8,13,17-18H,9H2,1H3. The van der Waals surface area contributed by atoms with E-state index in [4.69, 9.17) is 4.74 Å². The van der Waals surface area contributed by atoms with Crippen molar-refractivity contribution in [2.45, 2.75) is 12.5 Å². The second-order valence-electron chi connectivity index (χ2n) is 4.24. The van der Waals surface area contributed by atoms with Gasteiger partial charge in [0, 0.05) is 6.42 Å². The highest BCUT2D eigenvalue weighted by Crippen LogP contribution is 2.30. The number of phenols is 1. The number of halogens is 1. The number of rotatable bonds is 4. The molecular formula is C15H15FO3. The summed E-state index contributed by atoms with van der Waals surface area (Å²) < 4.78 is 18.8. The smallest absolute Gasteiger partial charge is 0.132 e. The van der Waals surface area contributed by atoms with Crippen LogP contribution in [0.1, 0.15) is 17.2 Å². The first-order chi connectivity index (χ1) is 9.11. The molecule has 2 N–H and O–H groups in total. The van der Waals surface area contributed by atoms with Crippen LogP contribution in [-0.2, 0) is 6.42 Å². The van der Waals surface area contributed by atoms with Gasteiger partial charge in [0.1, 0.15) is 17.3 Å². The minimum Gasteiger partial charge on any atom is -0.508 e. The van der Waals surface area contributed by atoms with Gasteiger partial charge in [-0.05, 0) is 29.8 Å². The van der Waals surface area contributed by atoms with Gasteiger partial charge in [-0.3, -0.25) is 0 Å². The van der Waals surface area contributed by atoms with Crippen molar-refractivity contribution < 1.29 is 19.3 Å². The zero-order chi connectivity index (χ0) is 13.8. The normalized spacial score (nSPS) is 12.2. The van der Waals surface area contributed by atoms with Crippen molar-refractivity contribution in [2.24, 2.45) is 0 Å². The second kappa shape index (κ2) is 5.71. The lowest BCUT2D eigenvalue weighted by molar-refractivity contribution is 0.169. The molecule has 3 nitrogen and oxygen atoms in total. The fraction of sp³-hybridized carbons (Fsp3) is 0.200. The molecule has 0 heterocycles. The van der Waals surface area contributed by atoms with E-state index in [1.54, 1.807) is 18.2 Å². The summed E-state index contributed by atoms with van der Waals surface area (Å²) in [6, 6.07) is 10.9. The summed E-state index contributed by atoms with van der Waals surface area (Å²) in [7, 11) is 1.44. The maximum atomic E-state index is 13.8. The van der Waals surface area contributed by atoms with E-state index < -0.39 is 11.9 Å². The highest BCUT2D eigenvalue weighted by atomic mass is 19.1. The van der Waals surface area contributed by atoms with E-state index >= 15 is 0 Å². The molecule has 1 atom stereocenters. The molecule has 4 heteroatoms. The number of aromatic hydroxyl groups is 1. The number of phenolic OH excluding ortho intramolecular Hbond substituents is 1. The summed E-state index contributed by atoms with van der Waals surface area (Å²) in [5.74, 6) is -0.0152. The van der Waals surface area contributed by atoms with Crippen LogP contribution >= 0.6 is 0 Å². The van der Waals surface area contributed by atoms with Gasteiger partial charge in [-0.2, -0.15) is 0 Å². The quantitative estimate of drug-likeness (QED) is 0.890. The summed E-state index contributed by atoms with van der Waals surface area (Å²) in [6.45, 7) is 0. The predicted octanol–water partition coefficient (Wildman–Crippen LogP) is 2.82. The predicted molar refractivity (Wildman–Crippen MR) is 69.7 cm³/mol. The van der Waals surface area contributed by atoms with Gasteiger partial charge in [-0.15, -0.1) is 0 Å². The van der Waals surface area contributed by atoms with Crippen LogP contribution in [0.25, 0.3) is 0 Å². The molecule has 0 aliphatic carbocycles. The molecule has 0 bridgehead atoms. The molecular weight excluding hydrogens is 247 g/mol. The molecule has 19 heavy (non-hydrogen) atoms. The fourth-order valence-electron chi connectivity index (χ4n) is 1.98. The lowest BCUT2D eigenvalue weighted by atomic mass is 10.00. The van der Waals surface area contributed by atoms with Crippen LogP contribution in [0.4, 0.5) is 4.39 Å². The number of methoxy groups -OCH3 is 1. The Hall–Kier alpha value is -2.07. The van der Waals surface area contributed by atoms with Gasteiger partial charge in [0.05, 0.1) is 18.8 Å². The van der Waals surface area contributed by atoms with Gasteiger partial charge >= 0.3 is 0 Å². The monoisotopic (exact) mass is 262 g/mol. The summed E-state index contributed by atoms with van der Waals surface area (Å²) in [6.07, 6.45) is -0.752. The number of ether oxygens (including phenoxy) is 1. The largest absolute Gasteiger partial charge is 0.508 e. The van der Waals surface area contributed by atoms with Crippen molar-refractivity contribution in [2.75, 3.05) is 7.11 Å². The van der Waals surface area contributed by atoms with Gasteiger partial charge in [0.15, 0.2) is 0 Å². The van der Waals surface area contributed by atoms with Crippen LogP contribution in [0.5, 0.6) is 11.5 Å². The Kier molecular flexibility index (Phi) is 4.02. The number of hydrogen-bond donors (Lipinski definition) is 2. The number of hydrogen-bond acceptors (Lipinski definition) is 3. The third-order valence-corrected chi connectivity index (χ3v) is 2.93. The molecule has 0 radical (unpaired) electrons. The van der Waals surface area contributed by atoms with Crippen molar-refractivity contribution >= 4 is 0 Å². The third kappa shape index (κ3) is 3.03. The van der Waals surface area contributed by atoms with Gasteiger partial charge in [-0.25, -0.2) is 4.39 Å². The van der Waals surface area contributed by atoms with Gasteiger partial charge in [0.25, 0.3) is 0 Å². The maximum absolute atomic E-state index is 13.8. The van der Waals surface area contributed by atoms with Crippen molar-refractivity contribution in [3.63, 3.8) is 0 Å². The first-order valence-corrected chi connectivity index (χ1v) is 5.90. The first kappa shape index (κ1) is 13.4. The molecule has 0 spiro atoms. The average molecular weight is 262 g/mol. The van der Waals surface area contributed by atoms with Gasteiger partial charge < -0.3 is 14.9 Å². The summed E-state index contributed by atoms with van der Waals surface area (Å²) >= 11 is 0. The van der Waals surface area contributed by atoms with E-state index in [2.05, 4.69) is 0 Å². The van der Waals surface area contributed by atoms with E-state index in [9.17, 15) is 14.6 Å². The molecule has 1 unspecified atom stereocenters. The Morgan fingerprint density at radius 1 is 1.16 bits per heavy atom. The van der Waals surface area contributed by atoms with E-state index in [-0.39, 0.29) is 17.7 Å². The first-order valence-electron chi connectivity index (χ1n) is 5.90.